The van der Waals surface area contributed by atoms with Crippen LogP contribution in [0.2, 0.25) is 0 Å². The van der Waals surface area contributed by atoms with Crippen molar-refractivity contribution in [1.29, 1.82) is 0 Å². The summed E-state index contributed by atoms with van der Waals surface area (Å²) >= 11 is 0. The van der Waals surface area contributed by atoms with E-state index in [2.05, 4.69) is 5.32 Å². The molecule has 0 aromatic heterocycles. The number of rotatable bonds is 6. The number of halogens is 2. The molecule has 0 aliphatic rings. The maximum Gasteiger partial charge on any atom is 0.250 e. The van der Waals surface area contributed by atoms with Crippen molar-refractivity contribution in [2.45, 2.75) is 38.7 Å². The van der Waals surface area contributed by atoms with Gasteiger partial charge in [-0.1, -0.05) is 13.3 Å². The lowest BCUT2D eigenvalue weighted by molar-refractivity contribution is 0.130. The summed E-state index contributed by atoms with van der Waals surface area (Å²) in [5, 5.41) is 2.77. The van der Waals surface area contributed by atoms with E-state index in [1.807, 2.05) is 13.8 Å². The first-order valence-corrected chi connectivity index (χ1v) is 4.27. The second-order valence-electron chi connectivity index (χ2n) is 3.29. The van der Waals surface area contributed by atoms with Crippen LogP contribution in [0, 0.1) is 0 Å². The van der Waals surface area contributed by atoms with E-state index in [4.69, 9.17) is 5.73 Å². The lowest BCUT2D eigenvalue weighted by Gasteiger charge is -2.28. The number of hydrogen-bond acceptors (Lipinski definition) is 2. The molecule has 0 heterocycles. The van der Waals surface area contributed by atoms with Crippen LogP contribution in [0.25, 0.3) is 0 Å². The second-order valence-corrected chi connectivity index (χ2v) is 3.29. The van der Waals surface area contributed by atoms with E-state index in [1.165, 1.54) is 0 Å². The fourth-order valence-electron chi connectivity index (χ4n) is 1.14. The van der Waals surface area contributed by atoms with Gasteiger partial charge in [0.2, 0.25) is 0 Å². The van der Waals surface area contributed by atoms with E-state index in [0.29, 0.717) is 6.54 Å². The molecule has 0 saturated heterocycles. The summed E-state index contributed by atoms with van der Waals surface area (Å²) in [5.41, 5.74) is 5.14. The molecule has 3 N–H and O–H groups in total. The van der Waals surface area contributed by atoms with E-state index in [9.17, 15) is 8.78 Å². The number of nitrogens with two attached hydrogens (primary N) is 1. The average molecular weight is 180 g/mol. The Kier molecular flexibility index (Phi) is 5.33. The molecule has 0 fully saturated rings. The number of nitrogens with one attached hydrogen (secondary N) is 1. The molecule has 0 spiro atoms. The Bertz CT molecular complexity index is 120. The molecule has 1 unspecified atom stereocenters. The van der Waals surface area contributed by atoms with Crippen molar-refractivity contribution >= 4 is 0 Å². The van der Waals surface area contributed by atoms with Crippen molar-refractivity contribution in [2.24, 2.45) is 5.73 Å². The Morgan fingerprint density at radius 2 is 2.08 bits per heavy atom. The van der Waals surface area contributed by atoms with E-state index in [1.54, 1.807) is 0 Å². The van der Waals surface area contributed by atoms with Gasteiger partial charge >= 0.3 is 0 Å². The Labute approximate surface area is 72.5 Å². The molecule has 12 heavy (non-hydrogen) atoms. The first-order valence-electron chi connectivity index (χ1n) is 4.27. The predicted molar refractivity (Wildman–Crippen MR) is 46.4 cm³/mol. The van der Waals surface area contributed by atoms with Crippen LogP contribution in [0.5, 0.6) is 0 Å². The van der Waals surface area contributed by atoms with Crippen molar-refractivity contribution in [3.63, 3.8) is 0 Å². The van der Waals surface area contributed by atoms with E-state index in [0.717, 1.165) is 12.8 Å². The minimum atomic E-state index is -2.30. The van der Waals surface area contributed by atoms with Gasteiger partial charge in [0.15, 0.2) is 0 Å². The number of alkyl halides is 2. The van der Waals surface area contributed by atoms with Gasteiger partial charge < -0.3 is 11.1 Å². The summed E-state index contributed by atoms with van der Waals surface area (Å²) < 4.78 is 23.7. The van der Waals surface area contributed by atoms with Crippen LogP contribution >= 0.6 is 0 Å². The molecule has 0 radical (unpaired) electrons. The van der Waals surface area contributed by atoms with Crippen molar-refractivity contribution in [3.05, 3.63) is 0 Å². The summed E-state index contributed by atoms with van der Waals surface area (Å²) in [6.45, 7) is 4.01. The Morgan fingerprint density at radius 3 is 2.42 bits per heavy atom. The molecule has 0 amide bonds. The third kappa shape index (κ3) is 4.62. The molecule has 0 rings (SSSR count). The Morgan fingerprint density at radius 1 is 1.50 bits per heavy atom. The smallest absolute Gasteiger partial charge is 0.250 e. The fourth-order valence-corrected chi connectivity index (χ4v) is 1.14. The SMILES string of the molecule is CCCC(C)(CN)NCC(F)F. The molecule has 0 aromatic carbocycles. The monoisotopic (exact) mass is 180 g/mol. The van der Waals surface area contributed by atoms with E-state index >= 15 is 0 Å². The van der Waals surface area contributed by atoms with Crippen molar-refractivity contribution in [1.82, 2.24) is 5.32 Å². The zero-order valence-electron chi connectivity index (χ0n) is 7.74. The van der Waals surface area contributed by atoms with Crippen LogP contribution in [0.1, 0.15) is 26.7 Å². The minimum absolute atomic E-state index is 0.270. The van der Waals surface area contributed by atoms with Gasteiger partial charge in [0.05, 0.1) is 6.54 Å². The van der Waals surface area contributed by atoms with Crippen molar-refractivity contribution in [2.75, 3.05) is 13.1 Å². The highest BCUT2D eigenvalue weighted by atomic mass is 19.3. The van der Waals surface area contributed by atoms with Crippen molar-refractivity contribution in [3.8, 4) is 0 Å². The molecule has 0 saturated carbocycles. The minimum Gasteiger partial charge on any atom is -0.329 e. The van der Waals surface area contributed by atoms with Crippen molar-refractivity contribution < 1.29 is 8.78 Å². The summed E-state index contributed by atoms with van der Waals surface area (Å²) in [6, 6.07) is 0. The van der Waals surface area contributed by atoms with Crippen LogP contribution in [-0.4, -0.2) is 25.1 Å². The van der Waals surface area contributed by atoms with Crippen LogP contribution in [0.4, 0.5) is 8.78 Å². The molecule has 0 aliphatic carbocycles. The van der Waals surface area contributed by atoms with Crippen LogP contribution in [0.3, 0.4) is 0 Å². The highest BCUT2D eigenvalue weighted by molar-refractivity contribution is 4.83. The highest BCUT2D eigenvalue weighted by Crippen LogP contribution is 2.10. The van der Waals surface area contributed by atoms with Crippen LogP contribution < -0.4 is 11.1 Å². The molecule has 4 heteroatoms. The maximum atomic E-state index is 11.8. The Hall–Kier alpha value is -0.220. The molecule has 0 aromatic rings. The van der Waals surface area contributed by atoms with Gasteiger partial charge in [0.25, 0.3) is 6.43 Å². The van der Waals surface area contributed by atoms with Gasteiger partial charge in [-0.05, 0) is 13.3 Å². The lowest BCUT2D eigenvalue weighted by atomic mass is 9.96. The van der Waals surface area contributed by atoms with Crippen LogP contribution in [0.15, 0.2) is 0 Å². The quantitative estimate of drug-likeness (QED) is 0.647. The van der Waals surface area contributed by atoms with Crippen LogP contribution in [-0.2, 0) is 0 Å². The third-order valence-electron chi connectivity index (χ3n) is 1.94. The topological polar surface area (TPSA) is 38.0 Å². The maximum absolute atomic E-state index is 11.8. The molecule has 1 atom stereocenters. The predicted octanol–water partition coefficient (Wildman–Crippen LogP) is 1.36. The summed E-state index contributed by atoms with van der Waals surface area (Å²) in [7, 11) is 0. The average Bonchev–Trinajstić information content (AvgIpc) is 2.02. The van der Waals surface area contributed by atoms with Gasteiger partial charge in [0.1, 0.15) is 0 Å². The van der Waals surface area contributed by atoms with Gasteiger partial charge in [-0.3, -0.25) is 0 Å². The third-order valence-corrected chi connectivity index (χ3v) is 1.94. The van der Waals surface area contributed by atoms with Gasteiger partial charge in [-0.25, -0.2) is 8.78 Å². The normalized spacial score (nSPS) is 16.5. The zero-order valence-corrected chi connectivity index (χ0v) is 7.74. The molecular weight excluding hydrogens is 162 g/mol. The van der Waals surface area contributed by atoms with Gasteiger partial charge in [-0.15, -0.1) is 0 Å². The summed E-state index contributed by atoms with van der Waals surface area (Å²) in [6.07, 6.45) is -0.520. The first-order chi connectivity index (χ1) is 5.54. The largest absolute Gasteiger partial charge is 0.329 e. The van der Waals surface area contributed by atoms with Gasteiger partial charge in [0, 0.05) is 12.1 Å². The standard InChI is InChI=1S/C8H18F2N2/c1-3-4-8(2,6-11)12-5-7(9)10/h7,12H,3-6,11H2,1-2H3. The number of hydrogen-bond donors (Lipinski definition) is 2. The molecule has 0 bridgehead atoms. The van der Waals surface area contributed by atoms with Gasteiger partial charge in [-0.2, -0.15) is 0 Å². The highest BCUT2D eigenvalue weighted by Gasteiger charge is 2.21. The Balaban J connectivity index is 3.78. The summed E-state index contributed by atoms with van der Waals surface area (Å²) in [5.74, 6) is 0. The molecular formula is C8H18F2N2. The zero-order chi connectivity index (χ0) is 9.61. The molecule has 0 aliphatic heterocycles. The van der Waals surface area contributed by atoms with E-state index < -0.39 is 6.43 Å². The molecule has 2 nitrogen and oxygen atoms in total. The summed E-state index contributed by atoms with van der Waals surface area (Å²) in [4.78, 5) is 0. The second kappa shape index (κ2) is 5.43. The lowest BCUT2D eigenvalue weighted by Crippen LogP contribution is -2.50. The molecule has 74 valence electrons. The fraction of sp³-hybridized carbons (Fsp3) is 1.00. The first kappa shape index (κ1) is 11.8. The van der Waals surface area contributed by atoms with E-state index in [-0.39, 0.29) is 12.1 Å².